The lowest BCUT2D eigenvalue weighted by Crippen LogP contribution is -2.38. The number of hydrogen-bond donors (Lipinski definition) is 3. The van der Waals surface area contributed by atoms with E-state index < -0.39 is 0 Å². The second-order valence-corrected chi connectivity index (χ2v) is 6.42. The van der Waals surface area contributed by atoms with Crippen molar-refractivity contribution in [2.75, 3.05) is 31.6 Å². The summed E-state index contributed by atoms with van der Waals surface area (Å²) in [5, 5.41) is 8.07. The van der Waals surface area contributed by atoms with Crippen LogP contribution in [0.2, 0.25) is 0 Å². The van der Waals surface area contributed by atoms with Gasteiger partial charge in [-0.25, -0.2) is 0 Å². The van der Waals surface area contributed by atoms with Crippen LogP contribution in [0.5, 0.6) is 0 Å². The third-order valence-corrected chi connectivity index (χ3v) is 4.46. The molecule has 1 aromatic carbocycles. The quantitative estimate of drug-likeness (QED) is 0.243. The van der Waals surface area contributed by atoms with Gasteiger partial charge in [-0.15, -0.1) is 24.0 Å². The number of aromatic nitrogens is 1. The Hall–Kier alpha value is -0.890. The molecule has 0 radical (unpaired) electrons. The Morgan fingerprint density at radius 1 is 1.21 bits per heavy atom. The highest BCUT2D eigenvalue weighted by Crippen LogP contribution is 2.22. The normalized spacial score (nSPS) is 11.4. The zero-order valence-corrected chi connectivity index (χ0v) is 18.0. The van der Waals surface area contributed by atoms with Crippen molar-refractivity contribution < 1.29 is 0 Å². The summed E-state index contributed by atoms with van der Waals surface area (Å²) in [7, 11) is 0. The Balaban J connectivity index is 0.00000288. The number of thioether (sulfide) groups is 1. The molecule has 0 saturated heterocycles. The van der Waals surface area contributed by atoms with Crippen molar-refractivity contribution in [3.05, 3.63) is 35.5 Å². The molecule has 6 heteroatoms. The van der Waals surface area contributed by atoms with Gasteiger partial charge in [-0.2, -0.15) is 11.8 Å². The maximum Gasteiger partial charge on any atom is 0.191 e. The monoisotopic (exact) mass is 460 g/mol. The number of aryl methyl sites for hydroxylation is 1. The largest absolute Gasteiger partial charge is 0.361 e. The second kappa shape index (κ2) is 11.6. The van der Waals surface area contributed by atoms with Gasteiger partial charge in [-0.1, -0.05) is 25.1 Å². The van der Waals surface area contributed by atoms with E-state index in [1.54, 1.807) is 0 Å². The Morgan fingerprint density at radius 2 is 2.04 bits per heavy atom. The fourth-order valence-electron chi connectivity index (χ4n) is 2.68. The summed E-state index contributed by atoms with van der Waals surface area (Å²) in [4.78, 5) is 8.01. The molecule has 0 unspecified atom stereocenters. The van der Waals surface area contributed by atoms with Crippen LogP contribution in [-0.4, -0.2) is 42.6 Å². The van der Waals surface area contributed by atoms with Crippen molar-refractivity contribution in [2.45, 2.75) is 26.7 Å². The van der Waals surface area contributed by atoms with Gasteiger partial charge in [0, 0.05) is 35.9 Å². The predicted octanol–water partition coefficient (Wildman–Crippen LogP) is 3.81. The van der Waals surface area contributed by atoms with E-state index in [1.165, 1.54) is 22.0 Å². The summed E-state index contributed by atoms with van der Waals surface area (Å²) in [6, 6.07) is 6.56. The topological polar surface area (TPSA) is 52.2 Å². The molecule has 1 heterocycles. The molecule has 2 rings (SSSR count). The minimum Gasteiger partial charge on any atom is -0.361 e. The Kier molecular flexibility index (Phi) is 10.2. The van der Waals surface area contributed by atoms with Crippen molar-refractivity contribution in [3.63, 3.8) is 0 Å². The molecule has 1 aromatic heterocycles. The van der Waals surface area contributed by atoms with Gasteiger partial charge in [0.1, 0.15) is 0 Å². The fourth-order valence-corrected chi connectivity index (χ4v) is 2.96. The first kappa shape index (κ1) is 21.2. The lowest BCUT2D eigenvalue weighted by molar-refractivity contribution is 0.806. The van der Waals surface area contributed by atoms with Crippen LogP contribution in [0.3, 0.4) is 0 Å². The zero-order chi connectivity index (χ0) is 16.5. The third-order valence-electron chi connectivity index (χ3n) is 3.86. The van der Waals surface area contributed by atoms with Gasteiger partial charge >= 0.3 is 0 Å². The van der Waals surface area contributed by atoms with Crippen molar-refractivity contribution in [2.24, 2.45) is 4.99 Å². The molecule has 0 bridgehead atoms. The van der Waals surface area contributed by atoms with E-state index >= 15 is 0 Å². The number of aliphatic imine (C=N–C) groups is 1. The minimum absolute atomic E-state index is 0. The van der Waals surface area contributed by atoms with E-state index in [0.29, 0.717) is 0 Å². The molecule has 0 fully saturated rings. The zero-order valence-electron chi connectivity index (χ0n) is 14.8. The van der Waals surface area contributed by atoms with Crippen LogP contribution in [0.15, 0.2) is 29.4 Å². The number of nitrogens with one attached hydrogen (secondary N) is 3. The highest BCUT2D eigenvalue weighted by molar-refractivity contribution is 14.0. The smallest absolute Gasteiger partial charge is 0.191 e. The Labute approximate surface area is 166 Å². The Bertz CT molecular complexity index is 639. The summed E-state index contributed by atoms with van der Waals surface area (Å²) < 4.78 is 0. The number of fused-ring (bicyclic) bond motifs is 1. The molecular weight excluding hydrogens is 431 g/mol. The molecule has 0 atom stereocenters. The summed E-state index contributed by atoms with van der Waals surface area (Å²) in [6.07, 6.45) is 6.29. The fraction of sp³-hybridized carbons (Fsp3) is 0.500. The molecule has 24 heavy (non-hydrogen) atoms. The van der Waals surface area contributed by atoms with E-state index in [1.807, 2.05) is 11.8 Å². The lowest BCUT2D eigenvalue weighted by Gasteiger charge is -2.11. The molecule has 134 valence electrons. The lowest BCUT2D eigenvalue weighted by atomic mass is 10.1. The van der Waals surface area contributed by atoms with Crippen LogP contribution in [0.25, 0.3) is 10.9 Å². The van der Waals surface area contributed by atoms with E-state index in [-0.39, 0.29) is 24.0 Å². The molecular formula is C18H29IN4S. The summed E-state index contributed by atoms with van der Waals surface area (Å²) >= 11 is 1.82. The molecule has 0 aliphatic heterocycles. The molecule has 4 nitrogen and oxygen atoms in total. The molecule has 0 saturated carbocycles. The average Bonchev–Trinajstić information content (AvgIpc) is 2.98. The molecule has 2 aromatic rings. The number of H-pyrrole nitrogens is 1. The van der Waals surface area contributed by atoms with E-state index in [2.05, 4.69) is 65.1 Å². The molecule has 3 N–H and O–H groups in total. The maximum atomic E-state index is 4.58. The SMILES string of the molecule is CCNC(=NCCSC)NCCc1c[nH]c2c(CC)cccc12.I. The van der Waals surface area contributed by atoms with Crippen LogP contribution < -0.4 is 10.6 Å². The van der Waals surface area contributed by atoms with Gasteiger partial charge in [0.25, 0.3) is 0 Å². The van der Waals surface area contributed by atoms with Crippen molar-refractivity contribution in [3.8, 4) is 0 Å². The van der Waals surface area contributed by atoms with Crippen LogP contribution in [0, 0.1) is 0 Å². The second-order valence-electron chi connectivity index (χ2n) is 5.44. The van der Waals surface area contributed by atoms with E-state index in [0.717, 1.165) is 44.2 Å². The minimum atomic E-state index is 0. The number of halogens is 1. The van der Waals surface area contributed by atoms with Crippen molar-refractivity contribution in [1.29, 1.82) is 0 Å². The van der Waals surface area contributed by atoms with Crippen LogP contribution >= 0.6 is 35.7 Å². The summed E-state index contributed by atoms with van der Waals surface area (Å²) in [5.74, 6) is 1.97. The summed E-state index contributed by atoms with van der Waals surface area (Å²) in [6.45, 7) is 6.91. The van der Waals surface area contributed by atoms with Gasteiger partial charge in [-0.05, 0) is 37.1 Å². The van der Waals surface area contributed by atoms with E-state index in [9.17, 15) is 0 Å². The van der Waals surface area contributed by atoms with E-state index in [4.69, 9.17) is 0 Å². The number of guanidine groups is 1. The van der Waals surface area contributed by atoms with Gasteiger partial charge < -0.3 is 15.6 Å². The maximum absolute atomic E-state index is 4.58. The van der Waals surface area contributed by atoms with Crippen molar-refractivity contribution in [1.82, 2.24) is 15.6 Å². The molecule has 0 spiro atoms. The summed E-state index contributed by atoms with van der Waals surface area (Å²) in [5.41, 5.74) is 4.03. The Morgan fingerprint density at radius 3 is 2.75 bits per heavy atom. The van der Waals surface area contributed by atoms with Gasteiger partial charge in [0.05, 0.1) is 6.54 Å². The number of hydrogen-bond acceptors (Lipinski definition) is 2. The highest BCUT2D eigenvalue weighted by Gasteiger charge is 2.06. The predicted molar refractivity (Wildman–Crippen MR) is 119 cm³/mol. The number of aromatic amines is 1. The van der Waals surface area contributed by atoms with Crippen molar-refractivity contribution >= 4 is 52.6 Å². The molecule has 0 aliphatic rings. The van der Waals surface area contributed by atoms with Crippen LogP contribution in [-0.2, 0) is 12.8 Å². The van der Waals surface area contributed by atoms with Gasteiger partial charge in [0.2, 0.25) is 0 Å². The average molecular weight is 460 g/mol. The first-order chi connectivity index (χ1) is 11.3. The molecule has 0 amide bonds. The van der Waals surface area contributed by atoms with Crippen LogP contribution in [0.4, 0.5) is 0 Å². The van der Waals surface area contributed by atoms with Gasteiger partial charge in [0.15, 0.2) is 5.96 Å². The number of benzene rings is 1. The first-order valence-electron chi connectivity index (χ1n) is 8.39. The highest BCUT2D eigenvalue weighted by atomic mass is 127. The molecule has 0 aliphatic carbocycles. The number of rotatable bonds is 8. The number of nitrogens with zero attached hydrogens (tertiary/aromatic N) is 1. The number of para-hydroxylation sites is 1. The third kappa shape index (κ3) is 5.88. The first-order valence-corrected chi connectivity index (χ1v) is 9.78. The standard InChI is InChI=1S/C18H28N4S.HI/c1-4-14-7-6-8-16-15(13-22-17(14)16)9-10-20-18(19-5-2)21-11-12-23-3;/h6-8,13,22H,4-5,9-12H2,1-3H3,(H2,19,20,21);1H. The van der Waals surface area contributed by atoms with Crippen LogP contribution in [0.1, 0.15) is 25.0 Å². The van der Waals surface area contributed by atoms with Gasteiger partial charge in [-0.3, -0.25) is 4.99 Å².